The van der Waals surface area contributed by atoms with Gasteiger partial charge in [0, 0.05) is 44.9 Å². The highest BCUT2D eigenvalue weighted by atomic mass is 19.4. The van der Waals surface area contributed by atoms with E-state index in [1.165, 1.54) is 18.5 Å². The minimum Gasteiger partial charge on any atom is -0.435 e. The number of likely N-dealkylation sites (tertiary alicyclic amines) is 1. The Hall–Kier alpha value is -4.09. The Morgan fingerprint density at radius 2 is 1.88 bits per heavy atom. The lowest BCUT2D eigenvalue weighted by atomic mass is 9.97. The first-order valence-electron chi connectivity index (χ1n) is 12.7. The molecular weight excluding hydrogens is 526 g/mol. The number of fused-ring (bicyclic) bond motifs is 1. The molecule has 3 aromatic carbocycles. The van der Waals surface area contributed by atoms with Gasteiger partial charge in [0.25, 0.3) is 0 Å². The van der Waals surface area contributed by atoms with Crippen LogP contribution in [0.3, 0.4) is 0 Å². The lowest BCUT2D eigenvalue weighted by molar-refractivity contribution is -0.136. The number of aryl methyl sites for hydroxylation is 1. The molecule has 1 aliphatic rings. The smallest absolute Gasteiger partial charge is 0.420 e. The van der Waals surface area contributed by atoms with Crippen LogP contribution in [-0.4, -0.2) is 51.0 Å². The SMILES string of the molecule is CO[C@H]1CCN(Cc2cc(C(F)(F)F)c3oc(-c4cccc(-c5ccc(F)cc5-c5nncn5C)c4)nc3c2)C1. The number of hydrogen-bond donors (Lipinski definition) is 0. The van der Waals surface area contributed by atoms with E-state index in [-0.39, 0.29) is 23.1 Å². The van der Waals surface area contributed by atoms with E-state index in [2.05, 4.69) is 20.1 Å². The van der Waals surface area contributed by atoms with Gasteiger partial charge >= 0.3 is 6.18 Å². The van der Waals surface area contributed by atoms with E-state index < -0.39 is 17.6 Å². The number of nitrogens with zero attached hydrogens (tertiary/aromatic N) is 5. The lowest BCUT2D eigenvalue weighted by Crippen LogP contribution is -2.22. The van der Waals surface area contributed by atoms with E-state index in [9.17, 15) is 17.6 Å². The number of aromatic nitrogens is 4. The molecule has 1 saturated heterocycles. The van der Waals surface area contributed by atoms with E-state index in [0.717, 1.165) is 19.0 Å². The topological polar surface area (TPSA) is 69.2 Å². The second-order valence-electron chi connectivity index (χ2n) is 9.93. The third kappa shape index (κ3) is 4.98. The second-order valence-corrected chi connectivity index (χ2v) is 9.93. The Morgan fingerprint density at radius 3 is 2.60 bits per heavy atom. The van der Waals surface area contributed by atoms with Gasteiger partial charge in [-0.15, -0.1) is 10.2 Å². The number of rotatable bonds is 6. The maximum atomic E-state index is 14.2. The average Bonchev–Trinajstić information content (AvgIpc) is 3.67. The number of benzene rings is 3. The van der Waals surface area contributed by atoms with Crippen molar-refractivity contribution in [2.45, 2.75) is 25.2 Å². The van der Waals surface area contributed by atoms with Crippen LogP contribution in [0.1, 0.15) is 17.5 Å². The average molecular weight is 552 g/mol. The van der Waals surface area contributed by atoms with Crippen LogP contribution in [0.25, 0.3) is 45.1 Å². The molecule has 1 aliphatic heterocycles. The first-order valence-corrected chi connectivity index (χ1v) is 12.7. The minimum absolute atomic E-state index is 0.0578. The predicted molar refractivity (Wildman–Crippen MR) is 141 cm³/mol. The predicted octanol–water partition coefficient (Wildman–Crippen LogP) is 6.34. The van der Waals surface area contributed by atoms with Gasteiger partial charge in [-0.05, 0) is 59.5 Å². The molecule has 0 saturated carbocycles. The van der Waals surface area contributed by atoms with Crippen LogP contribution in [0.15, 0.2) is 65.3 Å². The van der Waals surface area contributed by atoms with Crippen molar-refractivity contribution in [1.82, 2.24) is 24.6 Å². The molecule has 0 radical (unpaired) electrons. The second kappa shape index (κ2) is 10.1. The van der Waals surface area contributed by atoms with E-state index in [0.29, 0.717) is 46.7 Å². The molecule has 5 aromatic rings. The zero-order valence-corrected chi connectivity index (χ0v) is 21.7. The highest BCUT2D eigenvalue weighted by molar-refractivity contribution is 5.84. The van der Waals surface area contributed by atoms with Gasteiger partial charge in [-0.3, -0.25) is 4.90 Å². The van der Waals surface area contributed by atoms with Crippen molar-refractivity contribution < 1.29 is 26.7 Å². The molecule has 1 atom stereocenters. The van der Waals surface area contributed by atoms with Gasteiger partial charge in [0.05, 0.1) is 6.10 Å². The standard InChI is InChI=1S/C29H25F4N5O2/c1-37-16-34-36-27(37)23-13-20(30)6-7-22(23)18-4-3-5-19(12-18)28-35-25-11-17(14-38-9-8-21(15-38)39-2)10-24(26(25)40-28)29(31,32)33/h3-7,10-13,16,21H,8-9,14-15H2,1-2H3/t21-/m0/s1. The Balaban J connectivity index is 1.40. The van der Waals surface area contributed by atoms with Crippen LogP contribution in [-0.2, 0) is 24.5 Å². The fourth-order valence-corrected chi connectivity index (χ4v) is 5.21. The summed E-state index contributed by atoms with van der Waals surface area (Å²) in [6.07, 6.45) is -2.19. The van der Waals surface area contributed by atoms with Gasteiger partial charge in [-0.2, -0.15) is 13.2 Å². The first kappa shape index (κ1) is 26.1. The fourth-order valence-electron chi connectivity index (χ4n) is 5.21. The normalized spacial score (nSPS) is 16.3. The number of hydrogen-bond acceptors (Lipinski definition) is 6. The van der Waals surface area contributed by atoms with E-state index >= 15 is 0 Å². The summed E-state index contributed by atoms with van der Waals surface area (Å²) >= 11 is 0. The van der Waals surface area contributed by atoms with Crippen LogP contribution in [0.4, 0.5) is 17.6 Å². The molecule has 2 aromatic heterocycles. The van der Waals surface area contributed by atoms with Gasteiger partial charge in [0.1, 0.15) is 23.2 Å². The van der Waals surface area contributed by atoms with Crippen molar-refractivity contribution in [2.24, 2.45) is 7.05 Å². The zero-order chi connectivity index (χ0) is 28.0. The molecule has 11 heteroatoms. The third-order valence-electron chi connectivity index (χ3n) is 7.18. The largest absolute Gasteiger partial charge is 0.435 e. The van der Waals surface area contributed by atoms with Crippen molar-refractivity contribution in [3.05, 3.63) is 77.9 Å². The lowest BCUT2D eigenvalue weighted by Gasteiger charge is -2.16. The van der Waals surface area contributed by atoms with Crippen LogP contribution < -0.4 is 0 Å². The Kier molecular flexibility index (Phi) is 6.63. The number of alkyl halides is 3. The van der Waals surface area contributed by atoms with E-state index in [1.807, 2.05) is 6.07 Å². The van der Waals surface area contributed by atoms with Crippen molar-refractivity contribution in [3.63, 3.8) is 0 Å². The number of methoxy groups -OCH3 is 1. The van der Waals surface area contributed by atoms with Crippen LogP contribution >= 0.6 is 0 Å². The summed E-state index contributed by atoms with van der Waals surface area (Å²) < 4.78 is 69.3. The summed E-state index contributed by atoms with van der Waals surface area (Å²) in [6.45, 7) is 1.76. The fraction of sp³-hybridized carbons (Fsp3) is 0.276. The molecule has 0 N–H and O–H groups in total. The summed E-state index contributed by atoms with van der Waals surface area (Å²) in [6, 6.07) is 14.2. The van der Waals surface area contributed by atoms with Gasteiger partial charge in [0.15, 0.2) is 11.4 Å². The highest BCUT2D eigenvalue weighted by Gasteiger charge is 2.36. The van der Waals surface area contributed by atoms with E-state index in [4.69, 9.17) is 9.15 Å². The molecule has 0 amide bonds. The van der Waals surface area contributed by atoms with Gasteiger partial charge in [-0.1, -0.05) is 18.2 Å². The van der Waals surface area contributed by atoms with Crippen molar-refractivity contribution >= 4 is 11.1 Å². The summed E-state index contributed by atoms with van der Waals surface area (Å²) in [5, 5.41) is 8.00. The Labute approximate surface area is 227 Å². The Bertz CT molecular complexity index is 1690. The molecule has 0 aliphatic carbocycles. The summed E-state index contributed by atoms with van der Waals surface area (Å²) in [7, 11) is 3.39. The monoisotopic (exact) mass is 551 g/mol. The molecule has 206 valence electrons. The molecular formula is C29H25F4N5O2. The third-order valence-corrected chi connectivity index (χ3v) is 7.18. The summed E-state index contributed by atoms with van der Waals surface area (Å²) in [5.74, 6) is 0.0976. The first-order chi connectivity index (χ1) is 19.2. The van der Waals surface area contributed by atoms with E-state index in [1.54, 1.807) is 49.1 Å². The molecule has 6 rings (SSSR count). The van der Waals surface area contributed by atoms with Gasteiger partial charge in [0.2, 0.25) is 5.89 Å². The summed E-state index contributed by atoms with van der Waals surface area (Å²) in [5.41, 5.74) is 1.84. The van der Waals surface area contributed by atoms with Crippen LogP contribution in [0.2, 0.25) is 0 Å². The molecule has 40 heavy (non-hydrogen) atoms. The molecule has 7 nitrogen and oxygen atoms in total. The number of oxazole rings is 1. The van der Waals surface area contributed by atoms with Gasteiger partial charge in [-0.25, -0.2) is 9.37 Å². The molecule has 0 bridgehead atoms. The Morgan fingerprint density at radius 1 is 1.05 bits per heavy atom. The molecule has 0 spiro atoms. The maximum absolute atomic E-state index is 14.2. The van der Waals surface area contributed by atoms with Crippen molar-refractivity contribution in [3.8, 4) is 34.0 Å². The zero-order valence-electron chi connectivity index (χ0n) is 21.7. The molecule has 3 heterocycles. The van der Waals surface area contributed by atoms with Crippen molar-refractivity contribution in [2.75, 3.05) is 20.2 Å². The van der Waals surface area contributed by atoms with Gasteiger partial charge < -0.3 is 13.7 Å². The number of ether oxygens (including phenoxy) is 1. The van der Waals surface area contributed by atoms with Crippen LogP contribution in [0, 0.1) is 5.82 Å². The minimum atomic E-state index is -4.62. The highest BCUT2D eigenvalue weighted by Crippen LogP contribution is 2.39. The molecule has 1 fully saturated rings. The van der Waals surface area contributed by atoms with Crippen LogP contribution in [0.5, 0.6) is 0 Å². The quantitative estimate of drug-likeness (QED) is 0.230. The maximum Gasteiger partial charge on any atom is 0.420 e. The molecule has 0 unspecified atom stereocenters. The summed E-state index contributed by atoms with van der Waals surface area (Å²) in [4.78, 5) is 6.53. The van der Waals surface area contributed by atoms with Crippen molar-refractivity contribution in [1.29, 1.82) is 0 Å². The number of halogens is 4.